The Morgan fingerprint density at radius 2 is 2.38 bits per heavy atom. The SMILES string of the molecule is O=S(=O)(NCC1CC1)c1ccn[nH]1. The predicted molar refractivity (Wildman–Crippen MR) is 46.5 cm³/mol. The molecule has 1 aromatic heterocycles. The van der Waals surface area contributed by atoms with E-state index in [1.54, 1.807) is 0 Å². The van der Waals surface area contributed by atoms with Gasteiger partial charge in [-0.3, -0.25) is 5.10 Å². The van der Waals surface area contributed by atoms with Crippen molar-refractivity contribution in [3.8, 4) is 0 Å². The lowest BCUT2D eigenvalue weighted by atomic mass is 10.4. The average Bonchev–Trinajstić information content (AvgIpc) is 2.74. The molecule has 2 N–H and O–H groups in total. The summed E-state index contributed by atoms with van der Waals surface area (Å²) in [6, 6.07) is 1.44. The van der Waals surface area contributed by atoms with Crippen molar-refractivity contribution in [2.45, 2.75) is 17.9 Å². The molecule has 13 heavy (non-hydrogen) atoms. The molecule has 0 atom stereocenters. The normalized spacial score (nSPS) is 17.5. The van der Waals surface area contributed by atoms with Crippen LogP contribution in [0.4, 0.5) is 0 Å². The molecule has 0 amide bonds. The van der Waals surface area contributed by atoms with Gasteiger partial charge in [-0.1, -0.05) is 0 Å². The molecule has 0 saturated heterocycles. The Morgan fingerprint density at radius 1 is 1.62 bits per heavy atom. The number of hydrogen-bond acceptors (Lipinski definition) is 3. The molecule has 5 nitrogen and oxygen atoms in total. The summed E-state index contributed by atoms with van der Waals surface area (Å²) in [5.41, 5.74) is 0. The number of aromatic amines is 1. The van der Waals surface area contributed by atoms with Gasteiger partial charge in [-0.2, -0.15) is 5.10 Å². The molecule has 1 saturated carbocycles. The molecule has 6 heteroatoms. The number of aromatic nitrogens is 2. The van der Waals surface area contributed by atoms with Gasteiger partial charge in [-0.15, -0.1) is 0 Å². The third kappa shape index (κ3) is 2.07. The molecule has 1 heterocycles. The Morgan fingerprint density at radius 3 is 2.92 bits per heavy atom. The molecule has 0 aromatic carbocycles. The van der Waals surface area contributed by atoms with Crippen molar-refractivity contribution in [3.05, 3.63) is 12.3 Å². The molecule has 0 bridgehead atoms. The van der Waals surface area contributed by atoms with Crippen molar-refractivity contribution >= 4 is 10.0 Å². The molecule has 1 fully saturated rings. The van der Waals surface area contributed by atoms with E-state index >= 15 is 0 Å². The third-order valence-electron chi connectivity index (χ3n) is 2.02. The minimum absolute atomic E-state index is 0.133. The van der Waals surface area contributed by atoms with Gasteiger partial charge in [-0.05, 0) is 24.8 Å². The lowest BCUT2D eigenvalue weighted by Gasteiger charge is -2.01. The van der Waals surface area contributed by atoms with Crippen LogP contribution in [0.25, 0.3) is 0 Å². The number of nitrogens with zero attached hydrogens (tertiary/aromatic N) is 1. The van der Waals surface area contributed by atoms with E-state index in [9.17, 15) is 8.42 Å². The number of H-pyrrole nitrogens is 1. The van der Waals surface area contributed by atoms with E-state index in [1.165, 1.54) is 12.3 Å². The van der Waals surface area contributed by atoms with Gasteiger partial charge in [0.2, 0.25) is 0 Å². The minimum atomic E-state index is -3.34. The molecule has 1 aromatic rings. The second kappa shape index (κ2) is 3.12. The van der Waals surface area contributed by atoms with Crippen LogP contribution in [-0.2, 0) is 10.0 Å². The summed E-state index contributed by atoms with van der Waals surface area (Å²) in [6.07, 6.45) is 3.68. The van der Waals surface area contributed by atoms with Crippen molar-refractivity contribution < 1.29 is 8.42 Å². The highest BCUT2D eigenvalue weighted by Gasteiger charge is 2.24. The van der Waals surface area contributed by atoms with Gasteiger partial charge in [0.15, 0.2) is 5.03 Å². The Kier molecular flexibility index (Phi) is 2.09. The fraction of sp³-hybridized carbons (Fsp3) is 0.571. The molecule has 1 aliphatic carbocycles. The summed E-state index contributed by atoms with van der Waals surface area (Å²) in [7, 11) is -3.34. The van der Waals surface area contributed by atoms with Crippen LogP contribution in [0, 0.1) is 5.92 Å². The summed E-state index contributed by atoms with van der Waals surface area (Å²) in [5.74, 6) is 0.540. The number of rotatable bonds is 4. The van der Waals surface area contributed by atoms with Crippen LogP contribution in [0.1, 0.15) is 12.8 Å². The van der Waals surface area contributed by atoms with Crippen molar-refractivity contribution in [2.24, 2.45) is 5.92 Å². The van der Waals surface area contributed by atoms with E-state index in [0.29, 0.717) is 12.5 Å². The zero-order valence-electron chi connectivity index (χ0n) is 7.03. The first-order valence-electron chi connectivity index (χ1n) is 4.17. The van der Waals surface area contributed by atoms with Crippen LogP contribution in [0.15, 0.2) is 17.3 Å². The van der Waals surface area contributed by atoms with Crippen molar-refractivity contribution in [2.75, 3.05) is 6.54 Å². The maximum Gasteiger partial charge on any atom is 0.257 e. The molecular weight excluding hydrogens is 190 g/mol. The van der Waals surface area contributed by atoms with Crippen LogP contribution >= 0.6 is 0 Å². The zero-order valence-corrected chi connectivity index (χ0v) is 7.84. The standard InChI is InChI=1S/C7H11N3O2S/c11-13(12,7-3-4-8-10-7)9-5-6-1-2-6/h3-4,6,9H,1-2,5H2,(H,8,10). The van der Waals surface area contributed by atoms with Crippen LogP contribution in [0.3, 0.4) is 0 Å². The Balaban J connectivity index is 2.02. The Hall–Kier alpha value is -0.880. The highest BCUT2D eigenvalue weighted by Crippen LogP contribution is 2.27. The molecule has 2 rings (SSSR count). The third-order valence-corrected chi connectivity index (χ3v) is 3.38. The van der Waals surface area contributed by atoms with E-state index in [4.69, 9.17) is 0 Å². The Bertz CT molecular complexity index is 366. The molecule has 0 aliphatic heterocycles. The fourth-order valence-electron chi connectivity index (χ4n) is 1.02. The van der Waals surface area contributed by atoms with E-state index < -0.39 is 10.0 Å². The van der Waals surface area contributed by atoms with Gasteiger partial charge in [0.25, 0.3) is 10.0 Å². The van der Waals surface area contributed by atoms with Crippen LogP contribution in [0.5, 0.6) is 0 Å². The molecule has 0 spiro atoms. The average molecular weight is 201 g/mol. The van der Waals surface area contributed by atoms with E-state index in [2.05, 4.69) is 14.9 Å². The maximum absolute atomic E-state index is 11.4. The molecule has 0 unspecified atom stereocenters. The topological polar surface area (TPSA) is 74.8 Å². The molecular formula is C7H11N3O2S. The number of nitrogens with one attached hydrogen (secondary N) is 2. The van der Waals surface area contributed by atoms with E-state index in [-0.39, 0.29) is 5.03 Å². The number of hydrogen-bond donors (Lipinski definition) is 2. The second-order valence-corrected chi connectivity index (χ2v) is 4.95. The van der Waals surface area contributed by atoms with Crippen molar-refractivity contribution in [1.29, 1.82) is 0 Å². The zero-order chi connectivity index (χ0) is 9.31. The van der Waals surface area contributed by atoms with Crippen LogP contribution in [0.2, 0.25) is 0 Å². The fourth-order valence-corrected chi connectivity index (χ4v) is 2.04. The van der Waals surface area contributed by atoms with Gasteiger partial charge in [0, 0.05) is 6.54 Å². The van der Waals surface area contributed by atoms with Crippen molar-refractivity contribution in [1.82, 2.24) is 14.9 Å². The Labute approximate surface area is 76.6 Å². The largest absolute Gasteiger partial charge is 0.266 e. The second-order valence-electron chi connectivity index (χ2n) is 3.22. The highest BCUT2D eigenvalue weighted by molar-refractivity contribution is 7.89. The maximum atomic E-state index is 11.4. The van der Waals surface area contributed by atoms with Crippen LogP contribution < -0.4 is 4.72 Å². The number of sulfonamides is 1. The summed E-state index contributed by atoms with van der Waals surface area (Å²) in [5, 5.41) is 6.14. The first-order valence-corrected chi connectivity index (χ1v) is 5.66. The first kappa shape index (κ1) is 8.71. The monoisotopic (exact) mass is 201 g/mol. The first-order chi connectivity index (χ1) is 6.18. The van der Waals surface area contributed by atoms with E-state index in [0.717, 1.165) is 12.8 Å². The quantitative estimate of drug-likeness (QED) is 0.725. The van der Waals surface area contributed by atoms with Crippen LogP contribution in [-0.4, -0.2) is 25.2 Å². The summed E-state index contributed by atoms with van der Waals surface area (Å²) in [6.45, 7) is 0.543. The smallest absolute Gasteiger partial charge is 0.257 e. The van der Waals surface area contributed by atoms with Gasteiger partial charge in [0.05, 0.1) is 6.20 Å². The molecule has 72 valence electrons. The lowest BCUT2D eigenvalue weighted by molar-refractivity contribution is 0.573. The van der Waals surface area contributed by atoms with E-state index in [1.807, 2.05) is 0 Å². The molecule has 0 radical (unpaired) electrons. The summed E-state index contributed by atoms with van der Waals surface area (Å²) in [4.78, 5) is 0. The predicted octanol–water partition coefficient (Wildman–Crippen LogP) is 0.0980. The van der Waals surface area contributed by atoms with Gasteiger partial charge >= 0.3 is 0 Å². The van der Waals surface area contributed by atoms with Gasteiger partial charge in [0.1, 0.15) is 0 Å². The van der Waals surface area contributed by atoms with Crippen molar-refractivity contribution in [3.63, 3.8) is 0 Å². The van der Waals surface area contributed by atoms with Gasteiger partial charge in [-0.25, -0.2) is 13.1 Å². The summed E-state index contributed by atoms with van der Waals surface area (Å²) >= 11 is 0. The highest BCUT2D eigenvalue weighted by atomic mass is 32.2. The summed E-state index contributed by atoms with van der Waals surface area (Å²) < 4.78 is 25.4. The van der Waals surface area contributed by atoms with Gasteiger partial charge < -0.3 is 0 Å². The minimum Gasteiger partial charge on any atom is -0.266 e. The molecule has 1 aliphatic rings. The lowest BCUT2D eigenvalue weighted by Crippen LogP contribution is -2.26.